The molecule has 0 saturated carbocycles. The van der Waals surface area contributed by atoms with Crippen LogP contribution in [0, 0.1) is 22.7 Å². The van der Waals surface area contributed by atoms with Crippen molar-refractivity contribution in [3.63, 3.8) is 0 Å². The molecule has 1 amide bonds. The van der Waals surface area contributed by atoms with Crippen LogP contribution in [-0.2, 0) is 27.8 Å². The zero-order chi connectivity index (χ0) is 21.2. The van der Waals surface area contributed by atoms with Crippen LogP contribution in [0.1, 0.15) is 25.1 Å². The number of hydrogen-bond donors (Lipinski definition) is 0. The van der Waals surface area contributed by atoms with Gasteiger partial charge < -0.3 is 14.2 Å². The summed E-state index contributed by atoms with van der Waals surface area (Å²) < 4.78 is 6.76. The van der Waals surface area contributed by atoms with Gasteiger partial charge in [-0.15, -0.1) is 0 Å². The Morgan fingerprint density at radius 3 is 2.48 bits per heavy atom. The Morgan fingerprint density at radius 2 is 1.83 bits per heavy atom. The van der Waals surface area contributed by atoms with Gasteiger partial charge in [0.2, 0.25) is 0 Å². The van der Waals surface area contributed by atoms with Gasteiger partial charge in [-0.25, -0.2) is 0 Å². The van der Waals surface area contributed by atoms with E-state index in [4.69, 9.17) is 15.3 Å². The van der Waals surface area contributed by atoms with Crippen molar-refractivity contribution < 1.29 is 14.3 Å². The number of aromatic nitrogens is 2. The Morgan fingerprint density at radius 1 is 1.17 bits per heavy atom. The molecule has 2 rings (SSSR count). The van der Waals surface area contributed by atoms with Crippen LogP contribution in [0.3, 0.4) is 0 Å². The van der Waals surface area contributed by atoms with Crippen molar-refractivity contribution in [2.24, 2.45) is 7.05 Å². The molecule has 0 spiro atoms. The standard InChI is InChI=1S/C20H21N5O4/c1-24-16-7-3-2-6-15(16)20(28)23-17(24)8-9-19(27)29-14-18(26)25(12-4-10-21)13-5-11-22/h2-3,6-7H,4-5,8-9,12-14H2,1H3. The second-order valence-corrected chi connectivity index (χ2v) is 6.27. The monoisotopic (exact) mass is 395 g/mol. The van der Waals surface area contributed by atoms with E-state index in [-0.39, 0.29) is 44.3 Å². The summed E-state index contributed by atoms with van der Waals surface area (Å²) in [4.78, 5) is 41.6. The molecule has 0 unspecified atom stereocenters. The number of nitriles is 2. The molecule has 0 radical (unpaired) electrons. The zero-order valence-corrected chi connectivity index (χ0v) is 16.1. The number of carbonyl (C=O) groups excluding carboxylic acids is 2. The Labute approximate surface area is 167 Å². The molecule has 0 fully saturated rings. The lowest BCUT2D eigenvalue weighted by atomic mass is 10.2. The molecule has 1 heterocycles. The van der Waals surface area contributed by atoms with E-state index in [0.29, 0.717) is 11.2 Å². The Balaban J connectivity index is 1.93. The number of benzene rings is 1. The summed E-state index contributed by atoms with van der Waals surface area (Å²) in [5.41, 5.74) is 0.361. The Hall–Kier alpha value is -3.72. The first-order valence-corrected chi connectivity index (χ1v) is 9.10. The highest BCUT2D eigenvalue weighted by molar-refractivity contribution is 5.81. The van der Waals surface area contributed by atoms with Crippen LogP contribution in [-0.4, -0.2) is 46.0 Å². The molecular formula is C20H21N5O4. The van der Waals surface area contributed by atoms with Gasteiger partial charge in [-0.3, -0.25) is 14.4 Å². The van der Waals surface area contributed by atoms with Gasteiger partial charge in [0.25, 0.3) is 11.5 Å². The smallest absolute Gasteiger partial charge is 0.306 e. The highest BCUT2D eigenvalue weighted by atomic mass is 16.5. The fraction of sp³-hybridized carbons (Fsp3) is 0.400. The molecular weight excluding hydrogens is 374 g/mol. The van der Waals surface area contributed by atoms with Gasteiger partial charge >= 0.3 is 5.97 Å². The number of nitrogens with zero attached hydrogens (tertiary/aromatic N) is 5. The fourth-order valence-electron chi connectivity index (χ4n) is 2.81. The van der Waals surface area contributed by atoms with Crippen LogP contribution >= 0.6 is 0 Å². The largest absolute Gasteiger partial charge is 0.456 e. The van der Waals surface area contributed by atoms with Gasteiger partial charge in [0.15, 0.2) is 6.61 Å². The van der Waals surface area contributed by atoms with Crippen LogP contribution in [0.5, 0.6) is 0 Å². The quantitative estimate of drug-likeness (QED) is 0.581. The zero-order valence-electron chi connectivity index (χ0n) is 16.1. The number of para-hydroxylation sites is 1. The maximum atomic E-state index is 12.2. The first-order valence-electron chi connectivity index (χ1n) is 9.10. The number of fused-ring (bicyclic) bond motifs is 1. The van der Waals surface area contributed by atoms with Crippen LogP contribution in [0.15, 0.2) is 29.1 Å². The molecule has 2 aromatic rings. The third kappa shape index (κ3) is 5.88. The fourth-order valence-corrected chi connectivity index (χ4v) is 2.81. The maximum absolute atomic E-state index is 12.2. The van der Waals surface area contributed by atoms with E-state index in [1.165, 1.54) is 4.90 Å². The first kappa shape index (κ1) is 21.6. The molecule has 0 aliphatic rings. The average Bonchev–Trinajstić information content (AvgIpc) is 2.73. The van der Waals surface area contributed by atoms with Gasteiger partial charge in [0.1, 0.15) is 5.82 Å². The molecule has 9 nitrogen and oxygen atoms in total. The SMILES string of the molecule is Cn1c(CCC(=O)OCC(=O)N(CCC#N)CCC#N)nc(=O)c2ccccc21. The molecule has 150 valence electrons. The second kappa shape index (κ2) is 10.6. The number of esters is 1. The molecule has 0 atom stereocenters. The molecule has 0 bridgehead atoms. The van der Waals surface area contributed by atoms with Crippen molar-refractivity contribution in [2.75, 3.05) is 19.7 Å². The molecule has 29 heavy (non-hydrogen) atoms. The number of amides is 1. The maximum Gasteiger partial charge on any atom is 0.306 e. The van der Waals surface area contributed by atoms with Gasteiger partial charge in [-0.2, -0.15) is 15.5 Å². The van der Waals surface area contributed by atoms with Crippen molar-refractivity contribution in [2.45, 2.75) is 25.7 Å². The van der Waals surface area contributed by atoms with Crippen molar-refractivity contribution in [1.82, 2.24) is 14.5 Å². The minimum absolute atomic E-state index is 0.0394. The van der Waals surface area contributed by atoms with E-state index in [2.05, 4.69) is 4.98 Å². The normalized spacial score (nSPS) is 10.2. The van der Waals surface area contributed by atoms with Crippen LogP contribution in [0.25, 0.3) is 10.9 Å². The van der Waals surface area contributed by atoms with Crippen molar-refractivity contribution in [1.29, 1.82) is 10.5 Å². The lowest BCUT2D eigenvalue weighted by Crippen LogP contribution is -2.36. The third-order valence-electron chi connectivity index (χ3n) is 4.36. The van der Waals surface area contributed by atoms with E-state index in [0.717, 1.165) is 5.52 Å². The number of ether oxygens (including phenoxy) is 1. The summed E-state index contributed by atoms with van der Waals surface area (Å²) >= 11 is 0. The van der Waals surface area contributed by atoms with Gasteiger partial charge in [0, 0.05) is 26.6 Å². The van der Waals surface area contributed by atoms with E-state index < -0.39 is 18.5 Å². The van der Waals surface area contributed by atoms with Crippen LogP contribution in [0.2, 0.25) is 0 Å². The van der Waals surface area contributed by atoms with Crippen LogP contribution in [0.4, 0.5) is 0 Å². The second-order valence-electron chi connectivity index (χ2n) is 6.27. The molecule has 0 N–H and O–H groups in total. The molecule has 0 aliphatic heterocycles. The number of carbonyl (C=O) groups is 2. The van der Waals surface area contributed by atoms with E-state index >= 15 is 0 Å². The Bertz CT molecular complexity index is 1010. The summed E-state index contributed by atoms with van der Waals surface area (Å²) in [5, 5.41) is 17.8. The van der Waals surface area contributed by atoms with Crippen LogP contribution < -0.4 is 5.56 Å². The third-order valence-corrected chi connectivity index (χ3v) is 4.36. The lowest BCUT2D eigenvalue weighted by Gasteiger charge is -2.20. The molecule has 1 aromatic heterocycles. The van der Waals surface area contributed by atoms with E-state index in [9.17, 15) is 14.4 Å². The van der Waals surface area contributed by atoms with E-state index in [1.807, 2.05) is 18.2 Å². The van der Waals surface area contributed by atoms with Crippen molar-refractivity contribution in [3.8, 4) is 12.1 Å². The Kier molecular flexibility index (Phi) is 7.87. The highest BCUT2D eigenvalue weighted by Crippen LogP contribution is 2.10. The number of rotatable bonds is 9. The molecule has 9 heteroatoms. The predicted octanol–water partition coefficient (Wildman–Crippen LogP) is 1.07. The average molecular weight is 395 g/mol. The summed E-state index contributed by atoms with van der Waals surface area (Å²) in [7, 11) is 1.77. The lowest BCUT2D eigenvalue weighted by molar-refractivity contribution is -0.152. The van der Waals surface area contributed by atoms with Gasteiger partial charge in [-0.05, 0) is 12.1 Å². The summed E-state index contributed by atoms with van der Waals surface area (Å²) in [5.74, 6) is -0.608. The van der Waals surface area contributed by atoms with Gasteiger partial charge in [0.05, 0.1) is 42.3 Å². The minimum atomic E-state index is -0.596. The topological polar surface area (TPSA) is 129 Å². The number of hydrogen-bond acceptors (Lipinski definition) is 7. The van der Waals surface area contributed by atoms with Crippen molar-refractivity contribution in [3.05, 3.63) is 40.4 Å². The highest BCUT2D eigenvalue weighted by Gasteiger charge is 2.16. The molecule has 1 aromatic carbocycles. The summed E-state index contributed by atoms with van der Waals surface area (Å²) in [6, 6.07) is 10.9. The molecule has 0 saturated heterocycles. The summed E-state index contributed by atoms with van der Waals surface area (Å²) in [6.45, 7) is -0.102. The van der Waals surface area contributed by atoms with Crippen molar-refractivity contribution >= 4 is 22.8 Å². The number of aryl methyl sites for hydroxylation is 2. The predicted molar refractivity (Wildman–Crippen MR) is 103 cm³/mol. The molecule has 0 aliphatic carbocycles. The van der Waals surface area contributed by atoms with E-state index in [1.54, 1.807) is 29.8 Å². The first-order chi connectivity index (χ1) is 14.0. The summed E-state index contributed by atoms with van der Waals surface area (Å²) in [6.07, 6.45) is 0.415. The minimum Gasteiger partial charge on any atom is -0.456 e. The van der Waals surface area contributed by atoms with Gasteiger partial charge in [-0.1, -0.05) is 12.1 Å².